The second-order valence-electron chi connectivity index (χ2n) is 8.35. The van der Waals surface area contributed by atoms with Crippen molar-refractivity contribution in [1.82, 2.24) is 4.31 Å². The fourth-order valence-electron chi connectivity index (χ4n) is 4.89. The Kier molecular flexibility index (Phi) is 5.03. The van der Waals surface area contributed by atoms with E-state index in [4.69, 9.17) is 0 Å². The van der Waals surface area contributed by atoms with Crippen LogP contribution in [0.2, 0.25) is 0 Å². The number of anilines is 2. The van der Waals surface area contributed by atoms with Crippen LogP contribution in [0.25, 0.3) is 0 Å². The Labute approximate surface area is 178 Å². The Bertz CT molecular complexity index is 1080. The molecule has 2 aromatic rings. The molecule has 3 aliphatic rings. The summed E-state index contributed by atoms with van der Waals surface area (Å²) in [7, 11) is -3.44. The lowest BCUT2D eigenvalue weighted by atomic mass is 10.0. The van der Waals surface area contributed by atoms with Gasteiger partial charge in [0.05, 0.1) is 11.4 Å². The second-order valence-corrected chi connectivity index (χ2v) is 10.3. The molecule has 0 aromatic heterocycles. The zero-order chi connectivity index (χ0) is 20.7. The summed E-state index contributed by atoms with van der Waals surface area (Å²) in [6, 6.07) is 13.5. The van der Waals surface area contributed by atoms with Crippen molar-refractivity contribution in [3.63, 3.8) is 0 Å². The average Bonchev–Trinajstić information content (AvgIpc) is 3.44. The van der Waals surface area contributed by atoms with Gasteiger partial charge in [-0.1, -0.05) is 18.2 Å². The highest BCUT2D eigenvalue weighted by Crippen LogP contribution is 2.32. The maximum atomic E-state index is 13.2. The van der Waals surface area contributed by atoms with Crippen molar-refractivity contribution in [2.45, 2.75) is 37.0 Å². The number of rotatable bonds is 4. The third kappa shape index (κ3) is 3.40. The summed E-state index contributed by atoms with van der Waals surface area (Å²) in [6.45, 7) is 3.09. The summed E-state index contributed by atoms with van der Waals surface area (Å²) in [6.07, 6.45) is 4.47. The molecule has 0 bridgehead atoms. The minimum Gasteiger partial charge on any atom is -0.362 e. The van der Waals surface area contributed by atoms with E-state index in [0.717, 1.165) is 55.6 Å². The van der Waals surface area contributed by atoms with Crippen LogP contribution in [-0.4, -0.2) is 51.4 Å². The second kappa shape index (κ2) is 7.71. The number of carbonyl (C=O) groups is 1. The number of hydrogen-bond acceptors (Lipinski definition) is 4. The molecular formula is C23H27N3O3S. The Hall–Kier alpha value is -2.38. The molecule has 2 aromatic carbocycles. The van der Waals surface area contributed by atoms with E-state index < -0.39 is 10.0 Å². The number of benzene rings is 2. The molecule has 158 valence electrons. The Morgan fingerprint density at radius 1 is 0.833 bits per heavy atom. The van der Waals surface area contributed by atoms with Crippen LogP contribution in [0.15, 0.2) is 47.4 Å². The van der Waals surface area contributed by atoms with Crippen LogP contribution in [0, 0.1) is 0 Å². The van der Waals surface area contributed by atoms with Gasteiger partial charge in [-0.3, -0.25) is 4.79 Å². The van der Waals surface area contributed by atoms with Crippen molar-refractivity contribution >= 4 is 27.3 Å². The minimum absolute atomic E-state index is 0.0720. The number of fused-ring (bicyclic) bond motifs is 2. The van der Waals surface area contributed by atoms with Crippen LogP contribution >= 0.6 is 0 Å². The fourth-order valence-corrected chi connectivity index (χ4v) is 6.46. The number of para-hydroxylation sites is 1. The Morgan fingerprint density at radius 2 is 1.63 bits per heavy atom. The van der Waals surface area contributed by atoms with Crippen LogP contribution < -0.4 is 9.80 Å². The summed E-state index contributed by atoms with van der Waals surface area (Å²) in [5, 5.41) is 0. The molecule has 0 unspecified atom stereocenters. The average molecular weight is 426 g/mol. The van der Waals surface area contributed by atoms with Gasteiger partial charge in [0.15, 0.2) is 0 Å². The van der Waals surface area contributed by atoms with Gasteiger partial charge in [0, 0.05) is 37.6 Å². The van der Waals surface area contributed by atoms with E-state index >= 15 is 0 Å². The predicted molar refractivity (Wildman–Crippen MR) is 117 cm³/mol. The molecule has 7 heteroatoms. The topological polar surface area (TPSA) is 60.9 Å². The first-order chi connectivity index (χ1) is 14.5. The number of carbonyl (C=O) groups excluding carboxylic acids is 1. The van der Waals surface area contributed by atoms with Crippen molar-refractivity contribution in [1.29, 1.82) is 0 Å². The van der Waals surface area contributed by atoms with Crippen molar-refractivity contribution in [2.75, 3.05) is 42.5 Å². The van der Waals surface area contributed by atoms with Gasteiger partial charge in [0.1, 0.15) is 0 Å². The van der Waals surface area contributed by atoms with E-state index in [2.05, 4.69) is 17.0 Å². The third-order valence-corrected chi connectivity index (χ3v) is 8.38. The lowest BCUT2D eigenvalue weighted by Gasteiger charge is -2.32. The number of amides is 1. The van der Waals surface area contributed by atoms with E-state index in [1.54, 1.807) is 16.4 Å². The highest BCUT2D eigenvalue weighted by molar-refractivity contribution is 7.89. The zero-order valence-electron chi connectivity index (χ0n) is 17.1. The number of aryl methyl sites for hydroxylation is 1. The molecule has 1 fully saturated rings. The van der Waals surface area contributed by atoms with E-state index in [0.29, 0.717) is 31.1 Å². The molecule has 3 heterocycles. The Balaban J connectivity index is 1.37. The summed E-state index contributed by atoms with van der Waals surface area (Å²) < 4.78 is 27.4. The quantitative estimate of drug-likeness (QED) is 0.756. The van der Waals surface area contributed by atoms with Gasteiger partial charge in [-0.15, -0.1) is 0 Å². The smallest absolute Gasteiger partial charge is 0.246 e. The lowest BCUT2D eigenvalue weighted by Crippen LogP contribution is -2.42. The van der Waals surface area contributed by atoms with Gasteiger partial charge in [-0.05, 0) is 67.5 Å². The monoisotopic (exact) mass is 425 g/mol. The van der Waals surface area contributed by atoms with Gasteiger partial charge < -0.3 is 9.80 Å². The summed E-state index contributed by atoms with van der Waals surface area (Å²) in [4.78, 5) is 17.5. The molecule has 0 radical (unpaired) electrons. The number of hydrogen-bond donors (Lipinski definition) is 0. The van der Waals surface area contributed by atoms with Gasteiger partial charge >= 0.3 is 0 Å². The van der Waals surface area contributed by atoms with Crippen molar-refractivity contribution in [3.05, 3.63) is 53.6 Å². The highest BCUT2D eigenvalue weighted by Gasteiger charge is 2.30. The normalized spacial score (nSPS) is 19.1. The summed E-state index contributed by atoms with van der Waals surface area (Å²) in [5.41, 5.74) is 4.26. The number of nitrogens with zero attached hydrogens (tertiary/aromatic N) is 3. The molecule has 3 aliphatic heterocycles. The van der Waals surface area contributed by atoms with E-state index in [1.807, 2.05) is 23.1 Å². The molecule has 0 atom stereocenters. The van der Waals surface area contributed by atoms with Crippen LogP contribution in [-0.2, 0) is 27.7 Å². The molecule has 0 spiro atoms. The van der Waals surface area contributed by atoms with Gasteiger partial charge in [0.25, 0.3) is 0 Å². The van der Waals surface area contributed by atoms with Crippen molar-refractivity contribution in [3.8, 4) is 0 Å². The third-order valence-electron chi connectivity index (χ3n) is 6.48. The largest absolute Gasteiger partial charge is 0.362 e. The molecular weight excluding hydrogens is 398 g/mol. The first-order valence-corrected chi connectivity index (χ1v) is 12.2. The van der Waals surface area contributed by atoms with Crippen LogP contribution in [0.3, 0.4) is 0 Å². The van der Waals surface area contributed by atoms with Gasteiger partial charge in [-0.25, -0.2) is 8.42 Å². The predicted octanol–water partition coefficient (Wildman–Crippen LogP) is 2.81. The molecule has 5 rings (SSSR count). The zero-order valence-corrected chi connectivity index (χ0v) is 17.9. The first kappa shape index (κ1) is 19.6. The van der Waals surface area contributed by atoms with E-state index in [1.165, 1.54) is 5.56 Å². The molecule has 0 saturated carbocycles. The van der Waals surface area contributed by atoms with E-state index in [-0.39, 0.29) is 5.91 Å². The Morgan fingerprint density at radius 3 is 2.47 bits per heavy atom. The fraction of sp³-hybridized carbons (Fsp3) is 0.435. The minimum atomic E-state index is -3.44. The van der Waals surface area contributed by atoms with Gasteiger partial charge in [0.2, 0.25) is 15.9 Å². The molecule has 1 amide bonds. The maximum absolute atomic E-state index is 13.2. The van der Waals surface area contributed by atoms with E-state index in [9.17, 15) is 13.2 Å². The molecule has 1 saturated heterocycles. The first-order valence-electron chi connectivity index (χ1n) is 10.8. The SMILES string of the molecule is O=C(CN1CCc2ccccc21)N1CCCc2cc(S(=O)(=O)N3CCCC3)ccc21. The van der Waals surface area contributed by atoms with Crippen LogP contribution in [0.4, 0.5) is 11.4 Å². The standard InChI is InChI=1S/C23H27N3O3S/c27-23(17-24-15-11-18-6-1-2-8-21(18)24)26-14-5-7-19-16-20(9-10-22(19)26)30(28,29)25-12-3-4-13-25/h1-2,6,8-10,16H,3-5,7,11-15,17H2. The molecule has 0 aliphatic carbocycles. The molecule has 0 N–H and O–H groups in total. The lowest BCUT2D eigenvalue weighted by molar-refractivity contribution is -0.117. The number of sulfonamides is 1. The van der Waals surface area contributed by atoms with Crippen molar-refractivity contribution in [2.24, 2.45) is 0 Å². The highest BCUT2D eigenvalue weighted by atomic mass is 32.2. The summed E-state index contributed by atoms with van der Waals surface area (Å²) >= 11 is 0. The molecule has 6 nitrogen and oxygen atoms in total. The van der Waals surface area contributed by atoms with Crippen LogP contribution in [0.1, 0.15) is 30.4 Å². The maximum Gasteiger partial charge on any atom is 0.246 e. The summed E-state index contributed by atoms with van der Waals surface area (Å²) in [5.74, 6) is 0.0720. The van der Waals surface area contributed by atoms with Crippen LogP contribution in [0.5, 0.6) is 0 Å². The molecule has 30 heavy (non-hydrogen) atoms. The van der Waals surface area contributed by atoms with Crippen molar-refractivity contribution < 1.29 is 13.2 Å². The van der Waals surface area contributed by atoms with Gasteiger partial charge in [-0.2, -0.15) is 4.31 Å².